The predicted molar refractivity (Wildman–Crippen MR) is 106 cm³/mol. The van der Waals surface area contributed by atoms with Crippen molar-refractivity contribution in [2.24, 2.45) is 4.99 Å². The van der Waals surface area contributed by atoms with E-state index in [1.54, 1.807) is 29.2 Å². The van der Waals surface area contributed by atoms with Gasteiger partial charge in [-0.3, -0.25) is 9.69 Å². The van der Waals surface area contributed by atoms with Gasteiger partial charge in [-0.25, -0.2) is 4.99 Å². The number of likely N-dealkylation sites (N-methyl/N-ethyl adjacent to an activating group) is 1. The number of carbonyl (C=O) groups is 1. The molecule has 0 aliphatic carbocycles. The predicted octanol–water partition coefficient (Wildman–Crippen LogP) is 4.41. The van der Waals surface area contributed by atoms with Crippen molar-refractivity contribution in [3.05, 3.63) is 59.0 Å². The number of phenols is 1. The summed E-state index contributed by atoms with van der Waals surface area (Å²) in [4.78, 5) is 19.5. The van der Waals surface area contributed by atoms with Crippen molar-refractivity contribution in [1.29, 1.82) is 0 Å². The van der Waals surface area contributed by atoms with Gasteiger partial charge in [-0.1, -0.05) is 24.3 Å². The van der Waals surface area contributed by atoms with Crippen LogP contribution in [0.4, 0.5) is 5.69 Å². The summed E-state index contributed by atoms with van der Waals surface area (Å²) in [5, 5.41) is 10.5. The minimum atomic E-state index is -0.0711. The van der Waals surface area contributed by atoms with E-state index in [4.69, 9.17) is 4.74 Å². The number of benzene rings is 2. The lowest BCUT2D eigenvalue weighted by atomic mass is 10.2. The minimum Gasteiger partial charge on any atom is -0.504 e. The average molecular weight is 368 g/mol. The lowest BCUT2D eigenvalue weighted by Gasteiger charge is -2.11. The molecule has 1 N–H and O–H groups in total. The first kappa shape index (κ1) is 18.1. The van der Waals surface area contributed by atoms with Crippen LogP contribution in [0.5, 0.6) is 11.5 Å². The standard InChI is InChI=1S/C20H20N2O3S/c1-3-22-19(24)18(26-20(22)21-15-8-6-5-7-9-15)13-14-10-11-16(23)17(12-14)25-4-2/h5-13,23H,3-4H2,1-2H3/b18-13-,21-20?. The highest BCUT2D eigenvalue weighted by Gasteiger charge is 2.32. The number of aliphatic imine (C=N–C) groups is 1. The zero-order valence-electron chi connectivity index (χ0n) is 14.7. The van der Waals surface area contributed by atoms with Gasteiger partial charge in [0.05, 0.1) is 17.2 Å². The van der Waals surface area contributed by atoms with Crippen LogP contribution in [0.1, 0.15) is 19.4 Å². The number of phenolic OH excluding ortho intramolecular Hbond substituents is 1. The molecule has 0 unspecified atom stereocenters. The maximum absolute atomic E-state index is 12.7. The number of amides is 1. The van der Waals surface area contributed by atoms with Gasteiger partial charge >= 0.3 is 0 Å². The Balaban J connectivity index is 1.91. The Labute approximate surface area is 157 Å². The highest BCUT2D eigenvalue weighted by Crippen LogP contribution is 2.35. The lowest BCUT2D eigenvalue weighted by Crippen LogP contribution is -2.28. The number of para-hydroxylation sites is 1. The number of thioether (sulfide) groups is 1. The van der Waals surface area contributed by atoms with E-state index in [0.717, 1.165) is 11.3 Å². The van der Waals surface area contributed by atoms with Crippen molar-refractivity contribution in [3.8, 4) is 11.5 Å². The third kappa shape index (κ3) is 3.91. The maximum atomic E-state index is 12.7. The van der Waals surface area contributed by atoms with Gasteiger partial charge in [-0.15, -0.1) is 0 Å². The van der Waals surface area contributed by atoms with Crippen LogP contribution in [0.2, 0.25) is 0 Å². The summed E-state index contributed by atoms with van der Waals surface area (Å²) in [6, 6.07) is 14.6. The number of carbonyl (C=O) groups excluding carboxylic acids is 1. The van der Waals surface area contributed by atoms with E-state index in [9.17, 15) is 9.90 Å². The quantitative estimate of drug-likeness (QED) is 0.794. The molecule has 0 atom stereocenters. The molecule has 1 aliphatic rings. The fourth-order valence-corrected chi connectivity index (χ4v) is 3.59. The van der Waals surface area contributed by atoms with Crippen molar-refractivity contribution >= 4 is 34.6 Å². The molecule has 1 saturated heterocycles. The summed E-state index contributed by atoms with van der Waals surface area (Å²) in [5.41, 5.74) is 1.60. The van der Waals surface area contributed by atoms with E-state index >= 15 is 0 Å². The Hall–Kier alpha value is -2.73. The molecule has 1 fully saturated rings. The van der Waals surface area contributed by atoms with Crippen molar-refractivity contribution in [3.63, 3.8) is 0 Å². The lowest BCUT2D eigenvalue weighted by molar-refractivity contribution is -0.122. The molecular weight excluding hydrogens is 348 g/mol. The van der Waals surface area contributed by atoms with Gasteiger partial charge in [0.1, 0.15) is 0 Å². The molecule has 2 aromatic rings. The molecule has 0 spiro atoms. The van der Waals surface area contributed by atoms with E-state index in [1.165, 1.54) is 11.8 Å². The summed E-state index contributed by atoms with van der Waals surface area (Å²) >= 11 is 1.35. The fraction of sp³-hybridized carbons (Fsp3) is 0.200. The van der Waals surface area contributed by atoms with Crippen molar-refractivity contribution in [1.82, 2.24) is 4.90 Å². The van der Waals surface area contributed by atoms with Crippen LogP contribution in [-0.2, 0) is 4.79 Å². The van der Waals surface area contributed by atoms with E-state index < -0.39 is 0 Å². The number of hydrogen-bond donors (Lipinski definition) is 1. The first-order valence-electron chi connectivity index (χ1n) is 8.43. The second-order valence-electron chi connectivity index (χ2n) is 5.55. The van der Waals surface area contributed by atoms with Crippen molar-refractivity contribution < 1.29 is 14.6 Å². The summed E-state index contributed by atoms with van der Waals surface area (Å²) in [6.45, 7) is 4.79. The maximum Gasteiger partial charge on any atom is 0.266 e. The molecule has 0 radical (unpaired) electrons. The Morgan fingerprint density at radius 3 is 2.65 bits per heavy atom. The molecule has 0 bridgehead atoms. The molecule has 0 saturated carbocycles. The summed E-state index contributed by atoms with van der Waals surface area (Å²) in [6.07, 6.45) is 1.80. The van der Waals surface area contributed by atoms with Gasteiger partial charge in [-0.05, 0) is 61.5 Å². The highest BCUT2D eigenvalue weighted by atomic mass is 32.2. The SMILES string of the molecule is CCOc1cc(/C=C2\SC(=Nc3ccccc3)N(CC)C2=O)ccc1O. The van der Waals surface area contributed by atoms with Crippen LogP contribution >= 0.6 is 11.8 Å². The van der Waals surface area contributed by atoms with Crippen LogP contribution in [0.3, 0.4) is 0 Å². The molecule has 1 heterocycles. The summed E-state index contributed by atoms with van der Waals surface area (Å²) in [7, 11) is 0. The van der Waals surface area contributed by atoms with Gasteiger partial charge < -0.3 is 9.84 Å². The van der Waals surface area contributed by atoms with Gasteiger partial charge in [0.25, 0.3) is 5.91 Å². The molecule has 134 valence electrons. The summed E-state index contributed by atoms with van der Waals surface area (Å²) < 4.78 is 5.41. The van der Waals surface area contributed by atoms with Crippen molar-refractivity contribution in [2.45, 2.75) is 13.8 Å². The summed E-state index contributed by atoms with van der Waals surface area (Å²) in [5.74, 6) is 0.418. The van der Waals surface area contributed by atoms with Crippen LogP contribution in [0, 0.1) is 0 Å². The molecule has 5 nitrogen and oxygen atoms in total. The monoisotopic (exact) mass is 368 g/mol. The number of aromatic hydroxyl groups is 1. The largest absolute Gasteiger partial charge is 0.504 e. The highest BCUT2D eigenvalue weighted by molar-refractivity contribution is 8.18. The normalized spacial score (nSPS) is 17.3. The van der Waals surface area contributed by atoms with Crippen LogP contribution in [-0.4, -0.2) is 34.2 Å². The third-order valence-corrected chi connectivity index (χ3v) is 4.77. The average Bonchev–Trinajstić information content (AvgIpc) is 2.93. The second kappa shape index (κ2) is 8.10. The third-order valence-electron chi connectivity index (χ3n) is 3.77. The number of ether oxygens (including phenoxy) is 1. The fourth-order valence-electron chi connectivity index (χ4n) is 2.53. The minimum absolute atomic E-state index is 0.0711. The first-order chi connectivity index (χ1) is 12.6. The number of nitrogens with zero attached hydrogens (tertiary/aromatic N) is 2. The van der Waals surface area contributed by atoms with Gasteiger partial charge in [0.2, 0.25) is 0 Å². The van der Waals surface area contributed by atoms with Gasteiger partial charge in [0, 0.05) is 6.54 Å². The van der Waals surface area contributed by atoms with Gasteiger partial charge in [-0.2, -0.15) is 0 Å². The zero-order valence-corrected chi connectivity index (χ0v) is 15.5. The molecule has 6 heteroatoms. The second-order valence-corrected chi connectivity index (χ2v) is 6.56. The molecule has 2 aromatic carbocycles. The zero-order chi connectivity index (χ0) is 18.5. The first-order valence-corrected chi connectivity index (χ1v) is 9.25. The molecule has 26 heavy (non-hydrogen) atoms. The molecule has 1 aliphatic heterocycles. The Morgan fingerprint density at radius 2 is 1.96 bits per heavy atom. The van der Waals surface area contributed by atoms with Gasteiger partial charge in [0.15, 0.2) is 16.7 Å². The number of hydrogen-bond acceptors (Lipinski definition) is 5. The molecule has 3 rings (SSSR count). The van der Waals surface area contributed by atoms with Crippen molar-refractivity contribution in [2.75, 3.05) is 13.2 Å². The topological polar surface area (TPSA) is 62.1 Å². The Morgan fingerprint density at radius 1 is 1.19 bits per heavy atom. The molecule has 0 aromatic heterocycles. The van der Waals surface area contributed by atoms with E-state index in [1.807, 2.05) is 44.2 Å². The van der Waals surface area contributed by atoms with E-state index in [-0.39, 0.29) is 11.7 Å². The van der Waals surface area contributed by atoms with E-state index in [2.05, 4.69) is 4.99 Å². The smallest absolute Gasteiger partial charge is 0.266 e. The number of rotatable bonds is 5. The van der Waals surface area contributed by atoms with Crippen LogP contribution in [0.15, 0.2) is 58.4 Å². The van der Waals surface area contributed by atoms with Crippen LogP contribution in [0.25, 0.3) is 6.08 Å². The van der Waals surface area contributed by atoms with E-state index in [0.29, 0.717) is 29.0 Å². The Kier molecular flexibility index (Phi) is 5.63. The number of amidine groups is 1. The molecular formula is C20H20N2O3S. The van der Waals surface area contributed by atoms with Crippen LogP contribution < -0.4 is 4.74 Å². The Bertz CT molecular complexity index is 863. The molecule has 1 amide bonds.